The van der Waals surface area contributed by atoms with Crippen molar-refractivity contribution < 1.29 is 17.9 Å². The van der Waals surface area contributed by atoms with Crippen LogP contribution in [-0.2, 0) is 0 Å². The minimum Gasteiger partial charge on any atom is -0.405 e. The van der Waals surface area contributed by atoms with Gasteiger partial charge in [-0.25, -0.2) is 0 Å². The summed E-state index contributed by atoms with van der Waals surface area (Å²) in [6.45, 7) is 2.15. The Hall–Kier alpha value is -1.23. The van der Waals surface area contributed by atoms with E-state index >= 15 is 0 Å². The van der Waals surface area contributed by atoms with Crippen molar-refractivity contribution in [2.24, 2.45) is 17.6 Å². The van der Waals surface area contributed by atoms with Crippen molar-refractivity contribution in [1.82, 2.24) is 0 Å². The first-order chi connectivity index (χ1) is 9.90. The number of ether oxygens (including phenoxy) is 1. The van der Waals surface area contributed by atoms with Gasteiger partial charge in [0, 0.05) is 11.6 Å². The van der Waals surface area contributed by atoms with Crippen LogP contribution in [0.2, 0.25) is 0 Å². The molecule has 1 aliphatic rings. The van der Waals surface area contributed by atoms with Crippen LogP contribution in [0, 0.1) is 11.8 Å². The molecule has 0 bridgehead atoms. The highest BCUT2D eigenvalue weighted by molar-refractivity contribution is 5.36. The maximum atomic E-state index is 12.5. The second kappa shape index (κ2) is 6.69. The Bertz CT molecular complexity index is 461. The van der Waals surface area contributed by atoms with E-state index in [1.165, 1.54) is 18.6 Å². The van der Waals surface area contributed by atoms with Gasteiger partial charge in [-0.2, -0.15) is 0 Å². The summed E-state index contributed by atoms with van der Waals surface area (Å²) in [6.07, 6.45) is 0.661. The van der Waals surface area contributed by atoms with Crippen molar-refractivity contribution in [2.75, 3.05) is 0 Å². The number of alkyl halides is 3. The molecule has 0 heterocycles. The van der Waals surface area contributed by atoms with Crippen LogP contribution < -0.4 is 10.5 Å². The molecule has 21 heavy (non-hydrogen) atoms. The molecule has 118 valence electrons. The molecule has 2 rings (SSSR count). The minimum absolute atomic E-state index is 0.170. The Balaban J connectivity index is 2.16. The third kappa shape index (κ3) is 4.37. The molecule has 3 unspecified atom stereocenters. The fraction of sp³-hybridized carbons (Fsp3) is 0.625. The summed E-state index contributed by atoms with van der Waals surface area (Å²) in [5, 5.41) is 0. The molecule has 0 spiro atoms. The molecule has 1 aromatic rings. The van der Waals surface area contributed by atoms with Gasteiger partial charge in [0.1, 0.15) is 5.75 Å². The molecule has 0 aliphatic heterocycles. The van der Waals surface area contributed by atoms with Gasteiger partial charge in [0.25, 0.3) is 0 Å². The Morgan fingerprint density at radius 1 is 1.29 bits per heavy atom. The largest absolute Gasteiger partial charge is 0.573 e. The van der Waals surface area contributed by atoms with Crippen molar-refractivity contribution >= 4 is 0 Å². The highest BCUT2D eigenvalue weighted by atomic mass is 19.4. The molecule has 1 aromatic carbocycles. The summed E-state index contributed by atoms with van der Waals surface area (Å²) in [5.74, 6) is 0.684. The highest BCUT2D eigenvalue weighted by Crippen LogP contribution is 2.40. The van der Waals surface area contributed by atoms with Crippen molar-refractivity contribution in [3.8, 4) is 5.75 Å². The number of nitrogens with two attached hydrogens (primary N) is 1. The van der Waals surface area contributed by atoms with E-state index in [4.69, 9.17) is 5.73 Å². The molecule has 1 aliphatic carbocycles. The molecule has 0 aromatic heterocycles. The predicted molar refractivity (Wildman–Crippen MR) is 75.8 cm³/mol. The molecule has 0 saturated heterocycles. The number of halogens is 3. The number of hydrogen-bond acceptors (Lipinski definition) is 2. The number of rotatable bonds is 4. The number of para-hydroxylation sites is 1. The van der Waals surface area contributed by atoms with Crippen molar-refractivity contribution in [3.63, 3.8) is 0 Å². The molecule has 2 N–H and O–H groups in total. The first kappa shape index (κ1) is 16.1. The average molecular weight is 301 g/mol. The highest BCUT2D eigenvalue weighted by Gasteiger charge is 2.34. The summed E-state index contributed by atoms with van der Waals surface area (Å²) in [4.78, 5) is 0. The van der Waals surface area contributed by atoms with Crippen LogP contribution in [0.3, 0.4) is 0 Å². The topological polar surface area (TPSA) is 35.2 Å². The lowest BCUT2D eigenvalue weighted by atomic mass is 9.75. The van der Waals surface area contributed by atoms with E-state index in [1.54, 1.807) is 12.1 Å². The molecular weight excluding hydrogens is 279 g/mol. The van der Waals surface area contributed by atoms with E-state index in [0.717, 1.165) is 25.7 Å². The molecule has 2 nitrogen and oxygen atoms in total. The fourth-order valence-electron chi connectivity index (χ4n) is 3.26. The van der Waals surface area contributed by atoms with Crippen LogP contribution in [0.5, 0.6) is 5.75 Å². The van der Waals surface area contributed by atoms with Gasteiger partial charge < -0.3 is 10.5 Å². The molecule has 0 amide bonds. The quantitative estimate of drug-likeness (QED) is 0.867. The van der Waals surface area contributed by atoms with Crippen LogP contribution in [0.4, 0.5) is 13.2 Å². The van der Waals surface area contributed by atoms with E-state index in [2.05, 4.69) is 11.7 Å². The Morgan fingerprint density at radius 2 is 2.00 bits per heavy atom. The van der Waals surface area contributed by atoms with Crippen LogP contribution in [-0.4, -0.2) is 6.36 Å². The number of benzene rings is 1. The second-order valence-electron chi connectivity index (χ2n) is 5.81. The van der Waals surface area contributed by atoms with Crippen LogP contribution in [0.25, 0.3) is 0 Å². The predicted octanol–water partition coefficient (Wildman–Crippen LogP) is 4.80. The van der Waals surface area contributed by atoms with Gasteiger partial charge in [-0.1, -0.05) is 44.4 Å². The average Bonchev–Trinajstić information content (AvgIpc) is 2.45. The zero-order valence-electron chi connectivity index (χ0n) is 12.2. The molecule has 1 fully saturated rings. The van der Waals surface area contributed by atoms with Crippen molar-refractivity contribution in [2.45, 2.75) is 51.4 Å². The van der Waals surface area contributed by atoms with Crippen molar-refractivity contribution in [1.29, 1.82) is 0 Å². The van der Waals surface area contributed by atoms with Crippen LogP contribution in [0.15, 0.2) is 24.3 Å². The smallest absolute Gasteiger partial charge is 0.405 e. The monoisotopic (exact) mass is 301 g/mol. The maximum Gasteiger partial charge on any atom is 0.573 e. The van der Waals surface area contributed by atoms with Gasteiger partial charge >= 0.3 is 6.36 Å². The maximum absolute atomic E-state index is 12.5. The molecule has 5 heteroatoms. The summed E-state index contributed by atoms with van der Waals surface area (Å²) >= 11 is 0. The van der Waals surface area contributed by atoms with E-state index in [-0.39, 0.29) is 11.7 Å². The second-order valence-corrected chi connectivity index (χ2v) is 5.81. The fourth-order valence-corrected chi connectivity index (χ4v) is 3.26. The van der Waals surface area contributed by atoms with E-state index in [9.17, 15) is 13.2 Å². The first-order valence-electron chi connectivity index (χ1n) is 7.51. The Kier molecular flexibility index (Phi) is 5.14. The van der Waals surface area contributed by atoms with Crippen LogP contribution in [0.1, 0.15) is 50.6 Å². The van der Waals surface area contributed by atoms with Gasteiger partial charge in [0.15, 0.2) is 0 Å². The van der Waals surface area contributed by atoms with Gasteiger partial charge in [-0.05, 0) is 30.7 Å². The van der Waals surface area contributed by atoms with Gasteiger partial charge in [-0.3, -0.25) is 0 Å². The van der Waals surface area contributed by atoms with E-state index in [1.807, 2.05) is 0 Å². The summed E-state index contributed by atoms with van der Waals surface area (Å²) < 4.78 is 41.6. The van der Waals surface area contributed by atoms with Gasteiger partial charge in [0.2, 0.25) is 0 Å². The summed E-state index contributed by atoms with van der Waals surface area (Å²) in [5.41, 5.74) is 6.71. The molecular formula is C16H22F3NO. The number of hydrogen-bond donors (Lipinski definition) is 1. The lowest BCUT2D eigenvalue weighted by molar-refractivity contribution is -0.275. The lowest BCUT2D eigenvalue weighted by Crippen LogP contribution is -2.28. The first-order valence-corrected chi connectivity index (χ1v) is 7.51. The Labute approximate surface area is 123 Å². The van der Waals surface area contributed by atoms with Gasteiger partial charge in [0.05, 0.1) is 0 Å². The lowest BCUT2D eigenvalue weighted by Gasteiger charge is -2.33. The summed E-state index contributed by atoms with van der Waals surface area (Å²) in [6, 6.07) is 5.81. The minimum atomic E-state index is -4.69. The third-order valence-electron chi connectivity index (χ3n) is 4.41. The third-order valence-corrected chi connectivity index (χ3v) is 4.41. The molecule has 0 radical (unpaired) electrons. The zero-order valence-corrected chi connectivity index (χ0v) is 12.2. The van der Waals surface area contributed by atoms with Crippen LogP contribution >= 0.6 is 0 Å². The normalized spacial score (nSPS) is 24.6. The van der Waals surface area contributed by atoms with Crippen molar-refractivity contribution in [3.05, 3.63) is 29.8 Å². The SMILES string of the molecule is CCC1CCCC(C(N)c2ccccc2OC(F)(F)F)C1. The zero-order chi connectivity index (χ0) is 15.5. The van der Waals surface area contributed by atoms with E-state index < -0.39 is 12.4 Å². The van der Waals surface area contributed by atoms with E-state index in [0.29, 0.717) is 11.5 Å². The molecule has 3 atom stereocenters. The summed E-state index contributed by atoms with van der Waals surface area (Å²) in [7, 11) is 0. The standard InChI is InChI=1S/C16H22F3NO/c1-2-11-6-5-7-12(10-11)15(20)13-8-3-4-9-14(13)21-16(17,18)19/h3-4,8-9,11-12,15H,2,5-7,10,20H2,1H3. The molecule has 1 saturated carbocycles. The Morgan fingerprint density at radius 3 is 2.67 bits per heavy atom. The van der Waals surface area contributed by atoms with Gasteiger partial charge in [-0.15, -0.1) is 13.2 Å².